The van der Waals surface area contributed by atoms with Crippen molar-refractivity contribution in [1.82, 2.24) is 5.32 Å². The third-order valence-electron chi connectivity index (χ3n) is 4.31. The van der Waals surface area contributed by atoms with E-state index in [1.54, 1.807) is 11.3 Å². The Morgan fingerprint density at radius 2 is 2.11 bits per heavy atom. The van der Waals surface area contributed by atoms with Crippen molar-refractivity contribution in [2.75, 3.05) is 0 Å². The summed E-state index contributed by atoms with van der Waals surface area (Å²) in [7, 11) is 0. The lowest BCUT2D eigenvalue weighted by Crippen LogP contribution is -2.52. The molecule has 0 aliphatic heterocycles. The Kier molecular flexibility index (Phi) is 4.54. The van der Waals surface area contributed by atoms with Gasteiger partial charge in [0.25, 0.3) is 0 Å². The highest BCUT2D eigenvalue weighted by molar-refractivity contribution is 7.10. The maximum Gasteiger partial charge on any atom is 0.240 e. The molecule has 3 rings (SSSR count). The first-order chi connectivity index (χ1) is 8.69. The second-order valence-corrected chi connectivity index (χ2v) is 6.58. The van der Waals surface area contributed by atoms with Gasteiger partial charge >= 0.3 is 0 Å². The lowest BCUT2D eigenvalue weighted by atomic mass is 9.91. The zero-order chi connectivity index (χ0) is 12.6. The fourth-order valence-corrected chi connectivity index (χ4v) is 4.16. The van der Waals surface area contributed by atoms with E-state index in [1.807, 2.05) is 0 Å². The molecule has 1 atom stereocenters. The van der Waals surface area contributed by atoms with E-state index in [4.69, 9.17) is 5.73 Å². The minimum atomic E-state index is -0.604. The van der Waals surface area contributed by atoms with Crippen LogP contribution in [-0.2, 0) is 11.2 Å². The summed E-state index contributed by atoms with van der Waals surface area (Å²) in [5.41, 5.74) is 6.92. The molecule has 5 heteroatoms. The SMILES string of the molecule is Cl.NC1(C(=O)NC2CCCc3sccc32)CCCC1. The Morgan fingerprint density at radius 1 is 1.37 bits per heavy atom. The molecule has 0 saturated heterocycles. The van der Waals surface area contributed by atoms with Crippen LogP contribution in [0.3, 0.4) is 0 Å². The van der Waals surface area contributed by atoms with E-state index in [0.717, 1.165) is 44.9 Å². The van der Waals surface area contributed by atoms with Crippen molar-refractivity contribution in [3.8, 4) is 0 Å². The summed E-state index contributed by atoms with van der Waals surface area (Å²) < 4.78 is 0. The van der Waals surface area contributed by atoms with Crippen molar-refractivity contribution >= 4 is 29.7 Å². The largest absolute Gasteiger partial charge is 0.348 e. The van der Waals surface area contributed by atoms with Crippen molar-refractivity contribution in [1.29, 1.82) is 0 Å². The van der Waals surface area contributed by atoms with Crippen LogP contribution >= 0.6 is 23.7 Å². The van der Waals surface area contributed by atoms with Gasteiger partial charge in [0.2, 0.25) is 5.91 Å². The number of thiophene rings is 1. The van der Waals surface area contributed by atoms with E-state index in [0.29, 0.717) is 0 Å². The molecule has 106 valence electrons. The van der Waals surface area contributed by atoms with Crippen molar-refractivity contribution in [3.05, 3.63) is 21.9 Å². The summed E-state index contributed by atoms with van der Waals surface area (Å²) in [5.74, 6) is 0.0593. The number of nitrogens with two attached hydrogens (primary N) is 1. The van der Waals surface area contributed by atoms with Gasteiger partial charge in [-0.3, -0.25) is 4.79 Å². The number of amides is 1. The zero-order valence-electron chi connectivity index (χ0n) is 11.0. The van der Waals surface area contributed by atoms with Crippen LogP contribution in [0.4, 0.5) is 0 Å². The van der Waals surface area contributed by atoms with Gasteiger partial charge in [-0.05, 0) is 49.1 Å². The summed E-state index contributed by atoms with van der Waals surface area (Å²) in [5, 5.41) is 5.31. The molecule has 2 aliphatic carbocycles. The Morgan fingerprint density at radius 3 is 2.84 bits per heavy atom. The van der Waals surface area contributed by atoms with Gasteiger partial charge in [-0.25, -0.2) is 0 Å². The number of carbonyl (C=O) groups is 1. The van der Waals surface area contributed by atoms with Crippen LogP contribution in [0.2, 0.25) is 0 Å². The van der Waals surface area contributed by atoms with Crippen molar-refractivity contribution in [2.45, 2.75) is 56.5 Å². The first-order valence-corrected chi connectivity index (χ1v) is 7.73. The van der Waals surface area contributed by atoms with Crippen LogP contribution in [0.5, 0.6) is 0 Å². The van der Waals surface area contributed by atoms with Crippen LogP contribution in [-0.4, -0.2) is 11.4 Å². The summed E-state index contributed by atoms with van der Waals surface area (Å²) in [6, 6.07) is 2.34. The van der Waals surface area contributed by atoms with Crippen molar-refractivity contribution < 1.29 is 4.79 Å². The number of fused-ring (bicyclic) bond motifs is 1. The number of halogens is 1. The molecule has 1 aromatic rings. The summed E-state index contributed by atoms with van der Waals surface area (Å²) in [4.78, 5) is 13.8. The number of rotatable bonds is 2. The molecular formula is C14H21ClN2OS. The fraction of sp³-hybridized carbons (Fsp3) is 0.643. The Hall–Kier alpha value is -0.580. The normalized spacial score (nSPS) is 24.4. The topological polar surface area (TPSA) is 55.1 Å². The highest BCUT2D eigenvalue weighted by Gasteiger charge is 2.38. The van der Waals surface area contributed by atoms with Gasteiger partial charge in [-0.1, -0.05) is 12.8 Å². The quantitative estimate of drug-likeness (QED) is 0.882. The van der Waals surface area contributed by atoms with Crippen molar-refractivity contribution in [2.24, 2.45) is 5.73 Å². The van der Waals surface area contributed by atoms with Gasteiger partial charge in [0.05, 0.1) is 11.6 Å². The molecule has 1 fully saturated rings. The molecule has 1 aromatic heterocycles. The molecule has 3 nitrogen and oxygen atoms in total. The van der Waals surface area contributed by atoms with Gasteiger partial charge < -0.3 is 11.1 Å². The van der Waals surface area contributed by atoms with E-state index in [9.17, 15) is 4.79 Å². The van der Waals surface area contributed by atoms with Crippen LogP contribution in [0.15, 0.2) is 11.4 Å². The van der Waals surface area contributed by atoms with Gasteiger partial charge in [0.1, 0.15) is 0 Å². The first-order valence-electron chi connectivity index (χ1n) is 6.85. The highest BCUT2D eigenvalue weighted by Crippen LogP contribution is 2.34. The standard InChI is InChI=1S/C14H20N2OS.ClH/c15-14(7-1-2-8-14)13(17)16-11-4-3-5-12-10(11)6-9-18-12;/h6,9,11H,1-5,7-8,15H2,(H,16,17);1H. The summed E-state index contributed by atoms with van der Waals surface area (Å²) in [6.07, 6.45) is 7.20. The second-order valence-electron chi connectivity index (χ2n) is 5.58. The number of aryl methyl sites for hydroxylation is 1. The van der Waals surface area contributed by atoms with Crippen molar-refractivity contribution in [3.63, 3.8) is 0 Å². The molecule has 1 saturated carbocycles. The minimum absolute atomic E-state index is 0. The minimum Gasteiger partial charge on any atom is -0.348 e. The van der Waals surface area contributed by atoms with Crippen LogP contribution in [0.25, 0.3) is 0 Å². The van der Waals surface area contributed by atoms with Gasteiger partial charge in [-0.15, -0.1) is 23.7 Å². The van der Waals surface area contributed by atoms with E-state index in [2.05, 4.69) is 16.8 Å². The lowest BCUT2D eigenvalue weighted by Gasteiger charge is -2.29. The Balaban J connectivity index is 0.00000133. The molecule has 2 aliphatic rings. The predicted octanol–water partition coefficient (Wildman–Crippen LogP) is 2.94. The average molecular weight is 301 g/mol. The molecule has 0 aromatic carbocycles. The van der Waals surface area contributed by atoms with E-state index < -0.39 is 5.54 Å². The Bertz CT molecular complexity index is 454. The van der Waals surface area contributed by atoms with Crippen LogP contribution < -0.4 is 11.1 Å². The van der Waals surface area contributed by atoms with E-state index in [1.165, 1.54) is 10.4 Å². The molecule has 3 N–H and O–H groups in total. The van der Waals surface area contributed by atoms with Crippen LogP contribution in [0.1, 0.15) is 55.0 Å². The van der Waals surface area contributed by atoms with Gasteiger partial charge in [-0.2, -0.15) is 0 Å². The second kappa shape index (κ2) is 5.81. The maximum absolute atomic E-state index is 12.3. The number of hydrogen-bond acceptors (Lipinski definition) is 3. The van der Waals surface area contributed by atoms with E-state index >= 15 is 0 Å². The number of carbonyl (C=O) groups excluding carboxylic acids is 1. The molecule has 1 amide bonds. The lowest BCUT2D eigenvalue weighted by molar-refractivity contribution is -0.127. The monoisotopic (exact) mass is 300 g/mol. The maximum atomic E-state index is 12.3. The number of hydrogen-bond donors (Lipinski definition) is 2. The smallest absolute Gasteiger partial charge is 0.240 e. The van der Waals surface area contributed by atoms with E-state index in [-0.39, 0.29) is 24.4 Å². The summed E-state index contributed by atoms with van der Waals surface area (Å²) >= 11 is 1.81. The molecule has 0 spiro atoms. The Labute approximate surface area is 124 Å². The fourth-order valence-electron chi connectivity index (χ4n) is 3.17. The molecule has 1 heterocycles. The molecular weight excluding hydrogens is 280 g/mol. The number of nitrogens with one attached hydrogen (secondary N) is 1. The molecule has 1 unspecified atom stereocenters. The third kappa shape index (κ3) is 2.81. The summed E-state index contributed by atoms with van der Waals surface area (Å²) in [6.45, 7) is 0. The first kappa shape index (κ1) is 14.8. The average Bonchev–Trinajstić information content (AvgIpc) is 2.98. The van der Waals surface area contributed by atoms with Gasteiger partial charge in [0.15, 0.2) is 0 Å². The van der Waals surface area contributed by atoms with Gasteiger partial charge in [0, 0.05) is 4.88 Å². The third-order valence-corrected chi connectivity index (χ3v) is 5.30. The zero-order valence-corrected chi connectivity index (χ0v) is 12.6. The molecule has 0 bridgehead atoms. The molecule has 0 radical (unpaired) electrons. The van der Waals surface area contributed by atoms with Crippen LogP contribution in [0, 0.1) is 0 Å². The highest BCUT2D eigenvalue weighted by atomic mass is 35.5. The molecule has 19 heavy (non-hydrogen) atoms. The predicted molar refractivity (Wildman–Crippen MR) is 80.8 cm³/mol.